The number of halogens is 3. The van der Waals surface area contributed by atoms with E-state index >= 15 is 0 Å². The Morgan fingerprint density at radius 3 is 2.60 bits per heavy atom. The van der Waals surface area contributed by atoms with Crippen molar-refractivity contribution in [3.8, 4) is 11.5 Å². The van der Waals surface area contributed by atoms with Gasteiger partial charge in [0.2, 0.25) is 0 Å². The maximum Gasteiger partial charge on any atom is 0.573 e. The molecular formula is C22H25F3N2O3. The van der Waals surface area contributed by atoms with E-state index in [0.717, 1.165) is 43.9 Å². The van der Waals surface area contributed by atoms with E-state index < -0.39 is 18.0 Å². The Bertz CT molecular complexity index is 815. The van der Waals surface area contributed by atoms with Crippen molar-refractivity contribution in [2.24, 2.45) is 11.8 Å². The standard InChI is InChI=1S/C22H25F3N2O3/c23-22(24,25)30-19-8-3-7-17(13-19)21(28)27-14-18-6-2-1-5-16(18)10-12-29-20-9-4-11-26-15-20/h3-4,7-9,11,13,15-16,18H,1-2,5-6,10,12,14H2,(H,27,28)/t16-,18-/m1/s1. The molecule has 1 fully saturated rings. The molecule has 0 aliphatic heterocycles. The van der Waals surface area contributed by atoms with Gasteiger partial charge in [0.25, 0.3) is 5.91 Å². The van der Waals surface area contributed by atoms with Crippen LogP contribution in [0.5, 0.6) is 11.5 Å². The van der Waals surface area contributed by atoms with E-state index in [1.165, 1.54) is 18.2 Å². The molecule has 0 saturated heterocycles. The van der Waals surface area contributed by atoms with Gasteiger partial charge in [0, 0.05) is 18.3 Å². The fourth-order valence-corrected chi connectivity index (χ4v) is 3.85. The first kappa shape index (κ1) is 21.9. The van der Waals surface area contributed by atoms with Crippen molar-refractivity contribution in [3.63, 3.8) is 0 Å². The van der Waals surface area contributed by atoms with Crippen molar-refractivity contribution < 1.29 is 27.4 Å². The Hall–Kier alpha value is -2.77. The quantitative estimate of drug-likeness (QED) is 0.651. The summed E-state index contributed by atoms with van der Waals surface area (Å²) in [7, 11) is 0. The highest BCUT2D eigenvalue weighted by atomic mass is 19.4. The fourth-order valence-electron chi connectivity index (χ4n) is 3.85. The second kappa shape index (κ2) is 10.3. The Labute approximate surface area is 173 Å². The Kier molecular flexibility index (Phi) is 7.54. The molecule has 0 spiro atoms. The van der Waals surface area contributed by atoms with Crippen LogP contribution in [0.4, 0.5) is 13.2 Å². The number of hydrogen-bond acceptors (Lipinski definition) is 4. The van der Waals surface area contributed by atoms with Crippen LogP contribution in [0.3, 0.4) is 0 Å². The molecule has 8 heteroatoms. The molecule has 0 unspecified atom stereocenters. The molecule has 1 saturated carbocycles. The second-order valence-electron chi connectivity index (χ2n) is 7.42. The van der Waals surface area contributed by atoms with Gasteiger partial charge in [-0.2, -0.15) is 0 Å². The molecule has 1 amide bonds. The summed E-state index contributed by atoms with van der Waals surface area (Å²) in [6.45, 7) is 1.07. The zero-order valence-electron chi connectivity index (χ0n) is 16.5. The number of alkyl halides is 3. The molecule has 0 radical (unpaired) electrons. The van der Waals surface area contributed by atoms with Crippen LogP contribution in [0.15, 0.2) is 48.8 Å². The van der Waals surface area contributed by atoms with Gasteiger partial charge >= 0.3 is 6.36 Å². The molecule has 3 rings (SSSR count). The van der Waals surface area contributed by atoms with Crippen molar-refractivity contribution in [1.82, 2.24) is 10.3 Å². The van der Waals surface area contributed by atoms with E-state index in [1.54, 1.807) is 12.4 Å². The number of nitrogens with one attached hydrogen (secondary N) is 1. The van der Waals surface area contributed by atoms with Crippen LogP contribution < -0.4 is 14.8 Å². The lowest BCUT2D eigenvalue weighted by Gasteiger charge is -2.31. The third-order valence-corrected chi connectivity index (χ3v) is 5.31. The summed E-state index contributed by atoms with van der Waals surface area (Å²) in [5.74, 6) is 0.668. The summed E-state index contributed by atoms with van der Waals surface area (Å²) in [5, 5.41) is 2.87. The van der Waals surface area contributed by atoms with Gasteiger partial charge < -0.3 is 14.8 Å². The first-order chi connectivity index (χ1) is 14.4. The summed E-state index contributed by atoms with van der Waals surface area (Å²) in [6.07, 6.45) is 3.80. The molecule has 2 aromatic rings. The number of amides is 1. The minimum atomic E-state index is -4.79. The van der Waals surface area contributed by atoms with E-state index in [1.807, 2.05) is 12.1 Å². The lowest BCUT2D eigenvalue weighted by molar-refractivity contribution is -0.274. The maximum atomic E-state index is 12.4. The average molecular weight is 422 g/mol. The van der Waals surface area contributed by atoms with Crippen molar-refractivity contribution in [3.05, 3.63) is 54.4 Å². The topological polar surface area (TPSA) is 60.5 Å². The minimum absolute atomic E-state index is 0.143. The number of hydrogen-bond donors (Lipinski definition) is 1. The molecular weight excluding hydrogens is 397 g/mol. The number of rotatable bonds is 8. The molecule has 1 N–H and O–H groups in total. The summed E-state index contributed by atoms with van der Waals surface area (Å²) in [6, 6.07) is 8.80. The molecule has 162 valence electrons. The maximum absolute atomic E-state index is 12.4. The number of carbonyl (C=O) groups is 1. The van der Waals surface area contributed by atoms with E-state index in [9.17, 15) is 18.0 Å². The zero-order valence-corrected chi connectivity index (χ0v) is 16.5. The first-order valence-electron chi connectivity index (χ1n) is 10.1. The summed E-state index contributed by atoms with van der Waals surface area (Å²) in [5.41, 5.74) is 0.143. The minimum Gasteiger partial charge on any atom is -0.492 e. The zero-order chi connectivity index (χ0) is 21.4. The van der Waals surface area contributed by atoms with E-state index in [-0.39, 0.29) is 5.56 Å². The van der Waals surface area contributed by atoms with Crippen molar-refractivity contribution in [1.29, 1.82) is 0 Å². The number of pyridine rings is 1. The average Bonchev–Trinajstić information content (AvgIpc) is 2.72. The predicted octanol–water partition coefficient (Wildman–Crippen LogP) is 4.99. The van der Waals surface area contributed by atoms with Gasteiger partial charge in [-0.25, -0.2) is 0 Å². The third kappa shape index (κ3) is 6.93. The van der Waals surface area contributed by atoms with Gasteiger partial charge in [0.05, 0.1) is 12.8 Å². The Morgan fingerprint density at radius 2 is 1.87 bits per heavy atom. The number of ether oxygens (including phenoxy) is 2. The Balaban J connectivity index is 1.50. The van der Waals surface area contributed by atoms with Crippen LogP contribution in [0.2, 0.25) is 0 Å². The van der Waals surface area contributed by atoms with E-state index in [4.69, 9.17) is 4.74 Å². The molecule has 5 nitrogen and oxygen atoms in total. The van der Waals surface area contributed by atoms with Crippen LogP contribution in [0.25, 0.3) is 0 Å². The molecule has 1 aromatic carbocycles. The van der Waals surface area contributed by atoms with Gasteiger partial charge in [-0.3, -0.25) is 9.78 Å². The van der Waals surface area contributed by atoms with Crippen LogP contribution >= 0.6 is 0 Å². The van der Waals surface area contributed by atoms with Gasteiger partial charge in [-0.05, 0) is 61.4 Å². The van der Waals surface area contributed by atoms with Crippen LogP contribution in [-0.4, -0.2) is 30.4 Å². The number of aromatic nitrogens is 1. The van der Waals surface area contributed by atoms with Crippen molar-refractivity contribution in [2.45, 2.75) is 38.5 Å². The molecule has 1 aromatic heterocycles. The van der Waals surface area contributed by atoms with Crippen molar-refractivity contribution >= 4 is 5.91 Å². The molecule has 0 bridgehead atoms. The summed E-state index contributed by atoms with van der Waals surface area (Å²) < 4.78 is 46.8. The predicted molar refractivity (Wildman–Crippen MR) is 105 cm³/mol. The van der Waals surface area contributed by atoms with Crippen molar-refractivity contribution in [2.75, 3.05) is 13.2 Å². The van der Waals surface area contributed by atoms with Crippen LogP contribution in [0, 0.1) is 11.8 Å². The van der Waals surface area contributed by atoms with Crippen LogP contribution in [0.1, 0.15) is 42.5 Å². The van der Waals surface area contributed by atoms with E-state index in [0.29, 0.717) is 25.0 Å². The molecule has 2 atom stereocenters. The first-order valence-corrected chi connectivity index (χ1v) is 10.1. The van der Waals surface area contributed by atoms with Gasteiger partial charge in [0.15, 0.2) is 0 Å². The smallest absolute Gasteiger partial charge is 0.492 e. The third-order valence-electron chi connectivity index (χ3n) is 5.31. The summed E-state index contributed by atoms with van der Waals surface area (Å²) >= 11 is 0. The molecule has 1 aliphatic carbocycles. The Morgan fingerprint density at radius 1 is 1.10 bits per heavy atom. The number of benzene rings is 1. The highest BCUT2D eigenvalue weighted by Gasteiger charge is 2.31. The fraction of sp³-hybridized carbons (Fsp3) is 0.455. The molecule has 30 heavy (non-hydrogen) atoms. The van der Waals surface area contributed by atoms with Gasteiger partial charge in [0.1, 0.15) is 11.5 Å². The SMILES string of the molecule is O=C(NC[C@H]1CCCC[C@@H]1CCOc1cccnc1)c1cccc(OC(F)(F)F)c1. The van der Waals surface area contributed by atoms with Gasteiger partial charge in [-0.1, -0.05) is 18.9 Å². The monoisotopic (exact) mass is 422 g/mol. The lowest BCUT2D eigenvalue weighted by atomic mass is 9.77. The molecule has 1 heterocycles. The van der Waals surface area contributed by atoms with E-state index in [2.05, 4.69) is 15.0 Å². The highest BCUT2D eigenvalue weighted by Crippen LogP contribution is 2.32. The number of nitrogens with zero attached hydrogens (tertiary/aromatic N) is 1. The molecule has 1 aliphatic rings. The second-order valence-corrected chi connectivity index (χ2v) is 7.42. The summed E-state index contributed by atoms with van der Waals surface area (Å²) in [4.78, 5) is 16.5. The van der Waals surface area contributed by atoms with Gasteiger partial charge in [-0.15, -0.1) is 13.2 Å². The number of carbonyl (C=O) groups excluding carboxylic acids is 1. The van der Waals surface area contributed by atoms with Crippen LogP contribution in [-0.2, 0) is 0 Å². The normalized spacial score (nSPS) is 19.2. The largest absolute Gasteiger partial charge is 0.573 e. The highest BCUT2D eigenvalue weighted by molar-refractivity contribution is 5.94. The lowest BCUT2D eigenvalue weighted by Crippen LogP contribution is -2.34.